The molecule has 9 heteroatoms. The quantitative estimate of drug-likeness (QED) is 0.690. The molecule has 0 aliphatic rings. The molecule has 0 fully saturated rings. The van der Waals surface area contributed by atoms with Crippen LogP contribution in [-0.4, -0.2) is 33.2 Å². The van der Waals surface area contributed by atoms with E-state index < -0.39 is 5.97 Å². The molecule has 1 amide bonds. The van der Waals surface area contributed by atoms with Gasteiger partial charge in [-0.25, -0.2) is 9.78 Å². The second-order valence-corrected chi connectivity index (χ2v) is 7.07. The lowest BCUT2D eigenvalue weighted by Gasteiger charge is -2.01. The van der Waals surface area contributed by atoms with Crippen LogP contribution in [0.3, 0.4) is 0 Å². The van der Waals surface area contributed by atoms with Crippen molar-refractivity contribution in [1.29, 1.82) is 0 Å². The Balaban J connectivity index is 1.79. The van der Waals surface area contributed by atoms with Crippen LogP contribution in [0.25, 0.3) is 10.6 Å². The summed E-state index contributed by atoms with van der Waals surface area (Å²) in [6, 6.07) is 5.61. The molecular formula is C16H16N4O3S2. The second-order valence-electron chi connectivity index (χ2n) is 5.12. The predicted molar refractivity (Wildman–Crippen MR) is 97.3 cm³/mol. The Morgan fingerprint density at radius 3 is 2.88 bits per heavy atom. The Labute approximate surface area is 152 Å². The highest BCUT2D eigenvalue weighted by atomic mass is 32.1. The third-order valence-corrected chi connectivity index (χ3v) is 5.31. The van der Waals surface area contributed by atoms with Gasteiger partial charge < -0.3 is 4.74 Å². The van der Waals surface area contributed by atoms with Gasteiger partial charge >= 0.3 is 5.97 Å². The number of thiazole rings is 1. The minimum Gasteiger partial charge on any atom is -0.462 e. The van der Waals surface area contributed by atoms with Crippen LogP contribution in [0.1, 0.15) is 32.8 Å². The highest BCUT2D eigenvalue weighted by Crippen LogP contribution is 2.26. The first-order valence-corrected chi connectivity index (χ1v) is 9.23. The van der Waals surface area contributed by atoms with E-state index in [1.165, 1.54) is 4.68 Å². The zero-order valence-corrected chi connectivity index (χ0v) is 15.5. The maximum absolute atomic E-state index is 12.5. The molecule has 0 unspecified atom stereocenters. The van der Waals surface area contributed by atoms with Crippen LogP contribution in [0.15, 0.2) is 23.6 Å². The van der Waals surface area contributed by atoms with E-state index in [2.05, 4.69) is 15.4 Å². The van der Waals surface area contributed by atoms with Crippen LogP contribution in [0.5, 0.6) is 0 Å². The lowest BCUT2D eigenvalue weighted by molar-refractivity contribution is 0.0531. The summed E-state index contributed by atoms with van der Waals surface area (Å²) in [5.41, 5.74) is 1.68. The van der Waals surface area contributed by atoms with Crippen LogP contribution < -0.4 is 5.32 Å². The molecule has 3 heterocycles. The lowest BCUT2D eigenvalue weighted by atomic mass is 10.3. The molecule has 1 N–H and O–H groups in total. The minimum absolute atomic E-state index is 0.290. The number of ether oxygens (including phenoxy) is 1. The van der Waals surface area contributed by atoms with Crippen molar-refractivity contribution < 1.29 is 14.3 Å². The molecule has 130 valence electrons. The van der Waals surface area contributed by atoms with Crippen molar-refractivity contribution in [2.24, 2.45) is 7.05 Å². The average Bonchev–Trinajstić information content (AvgIpc) is 3.27. The van der Waals surface area contributed by atoms with Crippen LogP contribution in [-0.2, 0) is 11.8 Å². The van der Waals surface area contributed by atoms with Crippen molar-refractivity contribution in [1.82, 2.24) is 14.8 Å². The maximum Gasteiger partial charge on any atom is 0.350 e. The number of amides is 1. The first kappa shape index (κ1) is 17.3. The van der Waals surface area contributed by atoms with Gasteiger partial charge in [-0.3, -0.25) is 14.8 Å². The van der Waals surface area contributed by atoms with E-state index in [0.29, 0.717) is 28.0 Å². The van der Waals surface area contributed by atoms with Gasteiger partial charge in [-0.05, 0) is 31.4 Å². The second kappa shape index (κ2) is 7.16. The number of thiophene rings is 1. The summed E-state index contributed by atoms with van der Waals surface area (Å²) in [5.74, 6) is -0.763. The van der Waals surface area contributed by atoms with Crippen molar-refractivity contribution in [2.45, 2.75) is 13.8 Å². The van der Waals surface area contributed by atoms with Crippen LogP contribution >= 0.6 is 22.7 Å². The molecule has 3 aromatic heterocycles. The summed E-state index contributed by atoms with van der Waals surface area (Å²) in [4.78, 5) is 30.0. The van der Waals surface area contributed by atoms with E-state index in [0.717, 1.165) is 21.9 Å². The first-order chi connectivity index (χ1) is 12.0. The summed E-state index contributed by atoms with van der Waals surface area (Å²) in [5, 5.41) is 9.39. The van der Waals surface area contributed by atoms with E-state index in [1.807, 2.05) is 17.5 Å². The zero-order chi connectivity index (χ0) is 18.0. The molecule has 25 heavy (non-hydrogen) atoms. The van der Waals surface area contributed by atoms with Crippen LogP contribution in [0.4, 0.5) is 5.13 Å². The van der Waals surface area contributed by atoms with Crippen LogP contribution in [0, 0.1) is 6.92 Å². The van der Waals surface area contributed by atoms with Crippen molar-refractivity contribution in [3.05, 3.63) is 39.8 Å². The van der Waals surface area contributed by atoms with Crippen LogP contribution in [0.2, 0.25) is 0 Å². The molecule has 0 bridgehead atoms. The van der Waals surface area contributed by atoms with Gasteiger partial charge in [-0.2, -0.15) is 5.10 Å². The fourth-order valence-electron chi connectivity index (χ4n) is 2.22. The third kappa shape index (κ3) is 3.62. The Morgan fingerprint density at radius 2 is 2.20 bits per heavy atom. The Bertz CT molecular complexity index is 912. The average molecular weight is 376 g/mol. The fourth-order valence-corrected chi connectivity index (χ4v) is 3.76. The van der Waals surface area contributed by atoms with E-state index in [-0.39, 0.29) is 5.91 Å². The summed E-state index contributed by atoms with van der Waals surface area (Å²) < 4.78 is 6.51. The first-order valence-electron chi connectivity index (χ1n) is 7.53. The third-order valence-electron chi connectivity index (χ3n) is 3.36. The smallest absolute Gasteiger partial charge is 0.350 e. The fraction of sp³-hybridized carbons (Fsp3) is 0.250. The van der Waals surface area contributed by atoms with Crippen molar-refractivity contribution in [3.8, 4) is 10.6 Å². The number of esters is 1. The van der Waals surface area contributed by atoms with Gasteiger partial charge in [0.1, 0.15) is 16.3 Å². The van der Waals surface area contributed by atoms with Crippen molar-refractivity contribution in [3.63, 3.8) is 0 Å². The highest BCUT2D eigenvalue weighted by molar-refractivity contribution is 7.17. The van der Waals surface area contributed by atoms with Crippen molar-refractivity contribution in [2.75, 3.05) is 11.9 Å². The molecule has 0 saturated carbocycles. The van der Waals surface area contributed by atoms with Gasteiger partial charge in [0.25, 0.3) is 5.91 Å². The Kier molecular flexibility index (Phi) is 4.95. The summed E-state index contributed by atoms with van der Waals surface area (Å²) in [6.07, 6.45) is 0. The number of aryl methyl sites for hydroxylation is 2. The Morgan fingerprint density at radius 1 is 1.40 bits per heavy atom. The topological polar surface area (TPSA) is 86.1 Å². The highest BCUT2D eigenvalue weighted by Gasteiger charge is 2.20. The molecule has 0 aromatic carbocycles. The predicted octanol–water partition coefficient (Wildman–Crippen LogP) is 3.34. The number of nitrogens with zero attached hydrogens (tertiary/aromatic N) is 3. The molecule has 7 nitrogen and oxygen atoms in total. The van der Waals surface area contributed by atoms with Gasteiger partial charge in [0, 0.05) is 7.05 Å². The number of anilines is 1. The van der Waals surface area contributed by atoms with Gasteiger partial charge in [0.05, 0.1) is 17.2 Å². The van der Waals surface area contributed by atoms with Gasteiger partial charge in [-0.15, -0.1) is 11.3 Å². The normalized spacial score (nSPS) is 10.7. The standard InChI is InChI=1S/C16H16N4O3S2/c1-4-23-15(22)13-9(2)17-16(25-13)18-14(21)11-8-10(19-20(11)3)12-6-5-7-24-12/h5-8H,4H2,1-3H3,(H,17,18,21). The Hall–Kier alpha value is -2.52. The molecule has 0 saturated heterocycles. The SMILES string of the molecule is CCOC(=O)c1sc(NC(=O)c2cc(-c3cccs3)nn2C)nc1C. The number of aromatic nitrogens is 3. The molecule has 0 spiro atoms. The van der Waals surface area contributed by atoms with E-state index in [9.17, 15) is 9.59 Å². The maximum atomic E-state index is 12.5. The lowest BCUT2D eigenvalue weighted by Crippen LogP contribution is -2.15. The molecule has 0 aliphatic heterocycles. The summed E-state index contributed by atoms with van der Waals surface area (Å²) in [7, 11) is 1.71. The number of carbonyl (C=O) groups is 2. The van der Waals surface area contributed by atoms with Gasteiger partial charge in [0.15, 0.2) is 5.13 Å². The van der Waals surface area contributed by atoms with Gasteiger partial charge in [0.2, 0.25) is 0 Å². The molecule has 0 radical (unpaired) electrons. The zero-order valence-electron chi connectivity index (χ0n) is 13.9. The molecule has 0 atom stereocenters. The number of hydrogen-bond donors (Lipinski definition) is 1. The van der Waals surface area contributed by atoms with E-state index >= 15 is 0 Å². The number of hydrogen-bond acceptors (Lipinski definition) is 7. The molecule has 0 aliphatic carbocycles. The molecule has 3 rings (SSSR count). The number of rotatable bonds is 5. The molecular weight excluding hydrogens is 360 g/mol. The van der Waals surface area contributed by atoms with Gasteiger partial charge in [-0.1, -0.05) is 17.4 Å². The minimum atomic E-state index is -0.432. The summed E-state index contributed by atoms with van der Waals surface area (Å²) >= 11 is 2.65. The number of nitrogens with one attached hydrogen (secondary N) is 1. The largest absolute Gasteiger partial charge is 0.462 e. The van der Waals surface area contributed by atoms with E-state index in [1.54, 1.807) is 38.3 Å². The van der Waals surface area contributed by atoms with E-state index in [4.69, 9.17) is 4.74 Å². The summed E-state index contributed by atoms with van der Waals surface area (Å²) in [6.45, 7) is 3.74. The number of carbonyl (C=O) groups excluding carboxylic acids is 2. The molecule has 3 aromatic rings. The monoisotopic (exact) mass is 376 g/mol. The van der Waals surface area contributed by atoms with Crippen molar-refractivity contribution >= 4 is 39.7 Å².